The number of hydrogen-bond acceptors (Lipinski definition) is 1. The molecule has 3 aliphatic rings. The fourth-order valence-corrected chi connectivity index (χ4v) is 5.02. The molecule has 2 heteroatoms. The Morgan fingerprint density at radius 2 is 2.00 bits per heavy atom. The minimum atomic E-state index is -1.29. The van der Waals surface area contributed by atoms with Gasteiger partial charge >= 0.3 is 0 Å². The molecule has 0 aromatic rings. The topological polar surface area (TPSA) is 9.23 Å². The van der Waals surface area contributed by atoms with Gasteiger partial charge in [-0.3, -0.25) is 0 Å². The van der Waals surface area contributed by atoms with Gasteiger partial charge < -0.3 is 4.43 Å². The quantitative estimate of drug-likeness (QED) is 0.617. The van der Waals surface area contributed by atoms with Crippen molar-refractivity contribution in [3.63, 3.8) is 0 Å². The summed E-state index contributed by atoms with van der Waals surface area (Å²) >= 11 is 0. The maximum Gasteiger partial charge on any atom is 0.184 e. The monoisotopic (exact) mass is 196 g/mol. The Labute approximate surface area is 82.0 Å². The van der Waals surface area contributed by atoms with Crippen LogP contribution in [-0.2, 0) is 4.43 Å². The Balaban J connectivity index is 1.76. The number of hydrogen-bond donors (Lipinski definition) is 0. The summed E-state index contributed by atoms with van der Waals surface area (Å²) in [5.74, 6) is 3.01. The Bertz CT molecular complexity index is 245. The molecule has 0 amide bonds. The van der Waals surface area contributed by atoms with Gasteiger partial charge in [0.15, 0.2) is 8.32 Å². The Kier molecular flexibility index (Phi) is 1.45. The fraction of sp³-hybridized carbons (Fsp3) is 1.00. The third-order valence-corrected chi connectivity index (χ3v) is 5.02. The van der Waals surface area contributed by atoms with Gasteiger partial charge in [0.05, 0.1) is 5.60 Å². The van der Waals surface area contributed by atoms with E-state index in [-0.39, 0.29) is 0 Å². The van der Waals surface area contributed by atoms with Crippen LogP contribution in [0.25, 0.3) is 0 Å². The van der Waals surface area contributed by atoms with Crippen molar-refractivity contribution in [2.45, 2.75) is 50.9 Å². The third kappa shape index (κ3) is 1.22. The first-order valence-corrected chi connectivity index (χ1v) is 9.12. The first-order valence-electron chi connectivity index (χ1n) is 5.71. The second-order valence-electron chi connectivity index (χ2n) is 6.25. The summed E-state index contributed by atoms with van der Waals surface area (Å²) in [5, 5.41) is 0. The van der Waals surface area contributed by atoms with Crippen LogP contribution in [0.1, 0.15) is 25.7 Å². The molecule has 1 nitrogen and oxygen atoms in total. The highest BCUT2D eigenvalue weighted by molar-refractivity contribution is 6.69. The predicted molar refractivity (Wildman–Crippen MR) is 56.1 cm³/mol. The van der Waals surface area contributed by atoms with Gasteiger partial charge in [-0.2, -0.15) is 0 Å². The summed E-state index contributed by atoms with van der Waals surface area (Å²) in [4.78, 5) is 0. The van der Waals surface area contributed by atoms with E-state index >= 15 is 0 Å². The number of fused-ring (bicyclic) bond motifs is 3. The van der Waals surface area contributed by atoms with Gasteiger partial charge in [0.1, 0.15) is 0 Å². The maximum atomic E-state index is 6.43. The highest BCUT2D eigenvalue weighted by Gasteiger charge is 2.70. The molecule has 3 rings (SSSR count). The van der Waals surface area contributed by atoms with E-state index in [0.717, 1.165) is 17.8 Å². The molecule has 0 aliphatic heterocycles. The molecule has 74 valence electrons. The lowest BCUT2D eigenvalue weighted by Crippen LogP contribution is -2.37. The fourth-order valence-electron chi connectivity index (χ4n) is 3.48. The Hall–Kier alpha value is 0.177. The van der Waals surface area contributed by atoms with Gasteiger partial charge in [0.2, 0.25) is 0 Å². The summed E-state index contributed by atoms with van der Waals surface area (Å²) in [5.41, 5.74) is 0.424. The van der Waals surface area contributed by atoms with Crippen molar-refractivity contribution in [3.05, 3.63) is 0 Å². The Morgan fingerprint density at radius 3 is 2.69 bits per heavy atom. The lowest BCUT2D eigenvalue weighted by atomic mass is 9.98. The van der Waals surface area contributed by atoms with Crippen molar-refractivity contribution in [2.24, 2.45) is 17.8 Å². The molecule has 3 fully saturated rings. The molecule has 4 atom stereocenters. The standard InChI is InChI=1S/C11H20OSi/c1-13(2,3)12-11-7-9(11)5-4-8-6-10(8)11/h8-10H,4-7H2,1-3H3/t8-,9-,10+,11-/m1/s1. The smallest absolute Gasteiger partial charge is 0.184 e. The molecule has 0 heterocycles. The van der Waals surface area contributed by atoms with Crippen LogP contribution < -0.4 is 0 Å². The molecule has 0 saturated heterocycles. The van der Waals surface area contributed by atoms with Crippen LogP contribution in [0.4, 0.5) is 0 Å². The summed E-state index contributed by atoms with van der Waals surface area (Å²) in [6.45, 7) is 7.01. The van der Waals surface area contributed by atoms with E-state index in [9.17, 15) is 0 Å². The van der Waals surface area contributed by atoms with Gasteiger partial charge in [-0.15, -0.1) is 0 Å². The summed E-state index contributed by atoms with van der Waals surface area (Å²) in [6.07, 6.45) is 5.86. The van der Waals surface area contributed by atoms with E-state index in [1.54, 1.807) is 0 Å². The molecular formula is C11H20OSi. The van der Waals surface area contributed by atoms with Crippen LogP contribution in [0.5, 0.6) is 0 Å². The molecule has 0 spiro atoms. The van der Waals surface area contributed by atoms with Crippen LogP contribution in [0.15, 0.2) is 0 Å². The van der Waals surface area contributed by atoms with Crippen LogP contribution in [-0.4, -0.2) is 13.9 Å². The first kappa shape index (κ1) is 8.48. The van der Waals surface area contributed by atoms with E-state index < -0.39 is 8.32 Å². The molecule has 0 unspecified atom stereocenters. The normalized spacial score (nSPS) is 52.4. The van der Waals surface area contributed by atoms with E-state index in [1.807, 2.05) is 0 Å². The van der Waals surface area contributed by atoms with Crippen molar-refractivity contribution in [1.82, 2.24) is 0 Å². The van der Waals surface area contributed by atoms with Gasteiger partial charge in [-0.1, -0.05) is 0 Å². The zero-order valence-corrected chi connectivity index (χ0v) is 9.97. The van der Waals surface area contributed by atoms with Gasteiger partial charge in [-0.05, 0) is 63.1 Å². The highest BCUT2D eigenvalue weighted by atomic mass is 28.4. The average molecular weight is 196 g/mol. The van der Waals surface area contributed by atoms with Crippen LogP contribution in [0.2, 0.25) is 19.6 Å². The number of rotatable bonds is 2. The minimum Gasteiger partial charge on any atom is -0.412 e. The summed E-state index contributed by atoms with van der Waals surface area (Å²) in [7, 11) is -1.29. The SMILES string of the molecule is C[Si](C)(C)O[C@]12C[C@H]1CC[C@@H]1C[C@@H]12. The lowest BCUT2D eigenvalue weighted by molar-refractivity contribution is 0.105. The van der Waals surface area contributed by atoms with E-state index in [1.165, 1.54) is 25.7 Å². The van der Waals surface area contributed by atoms with E-state index in [0.29, 0.717) is 5.60 Å². The zero-order chi connectivity index (χ0) is 9.27. The van der Waals surface area contributed by atoms with Crippen molar-refractivity contribution >= 4 is 8.32 Å². The highest BCUT2D eigenvalue weighted by Crippen LogP contribution is 2.70. The van der Waals surface area contributed by atoms with Crippen LogP contribution >= 0.6 is 0 Å². The Morgan fingerprint density at radius 1 is 1.23 bits per heavy atom. The summed E-state index contributed by atoms with van der Waals surface area (Å²) < 4.78 is 6.43. The van der Waals surface area contributed by atoms with Crippen molar-refractivity contribution in [3.8, 4) is 0 Å². The zero-order valence-electron chi connectivity index (χ0n) is 8.97. The van der Waals surface area contributed by atoms with Crippen molar-refractivity contribution in [2.75, 3.05) is 0 Å². The second-order valence-corrected chi connectivity index (χ2v) is 10.7. The molecular weight excluding hydrogens is 176 g/mol. The third-order valence-electron chi connectivity index (χ3n) is 4.03. The largest absolute Gasteiger partial charge is 0.412 e. The lowest BCUT2D eigenvalue weighted by Gasteiger charge is -2.30. The molecule has 0 aromatic heterocycles. The molecule has 3 saturated carbocycles. The molecule has 0 N–H and O–H groups in total. The summed E-state index contributed by atoms with van der Waals surface area (Å²) in [6, 6.07) is 0. The van der Waals surface area contributed by atoms with Crippen LogP contribution in [0.3, 0.4) is 0 Å². The minimum absolute atomic E-state index is 0.424. The molecule has 0 aromatic carbocycles. The molecule has 0 bridgehead atoms. The first-order chi connectivity index (χ1) is 6.01. The van der Waals surface area contributed by atoms with Gasteiger partial charge in [0, 0.05) is 0 Å². The maximum absolute atomic E-state index is 6.43. The van der Waals surface area contributed by atoms with Crippen molar-refractivity contribution < 1.29 is 4.43 Å². The van der Waals surface area contributed by atoms with E-state index in [2.05, 4.69) is 19.6 Å². The van der Waals surface area contributed by atoms with Crippen molar-refractivity contribution in [1.29, 1.82) is 0 Å². The predicted octanol–water partition coefficient (Wildman–Crippen LogP) is 3.03. The van der Waals surface area contributed by atoms with Crippen LogP contribution in [0, 0.1) is 17.8 Å². The molecule has 13 heavy (non-hydrogen) atoms. The molecule has 0 radical (unpaired) electrons. The van der Waals surface area contributed by atoms with Gasteiger partial charge in [0.25, 0.3) is 0 Å². The average Bonchev–Trinajstić information content (AvgIpc) is 2.68. The molecule has 3 aliphatic carbocycles. The van der Waals surface area contributed by atoms with Gasteiger partial charge in [-0.25, -0.2) is 0 Å². The van der Waals surface area contributed by atoms with E-state index in [4.69, 9.17) is 4.43 Å². The second kappa shape index (κ2) is 2.22.